The van der Waals surface area contributed by atoms with E-state index in [-0.39, 0.29) is 0 Å². The molecule has 21 heavy (non-hydrogen) atoms. The van der Waals surface area contributed by atoms with Crippen LogP contribution >= 0.6 is 0 Å². The van der Waals surface area contributed by atoms with Crippen LogP contribution in [0.2, 0.25) is 0 Å². The summed E-state index contributed by atoms with van der Waals surface area (Å²) < 4.78 is 11.1. The largest absolute Gasteiger partial charge is 0.466 e. The molecule has 0 unspecified atom stereocenters. The van der Waals surface area contributed by atoms with E-state index in [1.54, 1.807) is 0 Å². The third-order valence-electron chi connectivity index (χ3n) is 3.36. The zero-order chi connectivity index (χ0) is 15.1. The maximum Gasteiger partial charge on any atom is 0.347 e. The Hall–Kier alpha value is -2.13. The molecule has 2 aromatic rings. The van der Waals surface area contributed by atoms with Crippen molar-refractivity contribution in [2.75, 3.05) is 13.7 Å². The Kier molecular flexibility index (Phi) is 5.12. The lowest BCUT2D eigenvalue weighted by atomic mass is 9.86. The van der Waals surface area contributed by atoms with Crippen LogP contribution in [0.15, 0.2) is 60.7 Å². The van der Waals surface area contributed by atoms with Crippen LogP contribution in [0.1, 0.15) is 24.5 Å². The second-order valence-electron chi connectivity index (χ2n) is 4.75. The van der Waals surface area contributed by atoms with Gasteiger partial charge in [-0.2, -0.15) is 0 Å². The smallest absolute Gasteiger partial charge is 0.347 e. The fourth-order valence-corrected chi connectivity index (χ4v) is 2.37. The Bertz CT molecular complexity index is 524. The fourth-order valence-electron chi connectivity index (χ4n) is 2.37. The van der Waals surface area contributed by atoms with Crippen LogP contribution < -0.4 is 0 Å². The number of carbonyl (C=O) groups excluding carboxylic acids is 1. The van der Waals surface area contributed by atoms with E-state index in [0.29, 0.717) is 6.61 Å². The van der Waals surface area contributed by atoms with E-state index in [1.807, 2.05) is 67.6 Å². The molecule has 0 saturated heterocycles. The van der Waals surface area contributed by atoms with Crippen molar-refractivity contribution in [3.8, 4) is 0 Å². The van der Waals surface area contributed by atoms with E-state index in [9.17, 15) is 4.79 Å². The first-order valence-corrected chi connectivity index (χ1v) is 7.09. The van der Waals surface area contributed by atoms with Crippen LogP contribution in [0.3, 0.4) is 0 Å². The SMILES string of the molecule is CCCOC(C(=O)OC)(c1ccccc1)c1ccccc1. The van der Waals surface area contributed by atoms with Crippen molar-refractivity contribution < 1.29 is 14.3 Å². The Morgan fingerprint density at radius 2 is 1.43 bits per heavy atom. The van der Waals surface area contributed by atoms with Crippen molar-refractivity contribution in [2.45, 2.75) is 18.9 Å². The summed E-state index contributed by atoms with van der Waals surface area (Å²) in [6, 6.07) is 19.0. The quantitative estimate of drug-likeness (QED) is 0.761. The summed E-state index contributed by atoms with van der Waals surface area (Å²) >= 11 is 0. The average Bonchev–Trinajstić information content (AvgIpc) is 2.57. The van der Waals surface area contributed by atoms with Gasteiger partial charge < -0.3 is 9.47 Å². The van der Waals surface area contributed by atoms with Crippen LogP contribution in [0, 0.1) is 0 Å². The molecule has 0 saturated carbocycles. The molecule has 2 aromatic carbocycles. The number of ether oxygens (including phenoxy) is 2. The summed E-state index contributed by atoms with van der Waals surface area (Å²) in [6.07, 6.45) is 0.818. The molecular weight excluding hydrogens is 264 g/mol. The van der Waals surface area contributed by atoms with Crippen molar-refractivity contribution in [2.24, 2.45) is 0 Å². The second kappa shape index (κ2) is 7.04. The number of methoxy groups -OCH3 is 1. The highest BCUT2D eigenvalue weighted by atomic mass is 16.6. The van der Waals surface area contributed by atoms with Gasteiger partial charge in [0, 0.05) is 6.61 Å². The summed E-state index contributed by atoms with van der Waals surface area (Å²) in [5.41, 5.74) is 0.334. The molecule has 0 heterocycles. The van der Waals surface area contributed by atoms with E-state index in [2.05, 4.69) is 0 Å². The fraction of sp³-hybridized carbons (Fsp3) is 0.278. The van der Waals surface area contributed by atoms with Gasteiger partial charge in [0.05, 0.1) is 7.11 Å². The molecule has 0 aromatic heterocycles. The molecule has 0 aliphatic carbocycles. The number of hydrogen-bond donors (Lipinski definition) is 0. The Morgan fingerprint density at radius 3 is 1.81 bits per heavy atom. The van der Waals surface area contributed by atoms with Crippen molar-refractivity contribution in [3.05, 3.63) is 71.8 Å². The van der Waals surface area contributed by atoms with E-state index < -0.39 is 11.6 Å². The van der Waals surface area contributed by atoms with Gasteiger partial charge in [-0.05, 0) is 17.5 Å². The number of esters is 1. The lowest BCUT2D eigenvalue weighted by Gasteiger charge is -2.32. The predicted molar refractivity (Wildman–Crippen MR) is 81.9 cm³/mol. The Balaban J connectivity index is 2.62. The molecule has 110 valence electrons. The molecule has 0 amide bonds. The molecule has 0 aliphatic rings. The highest BCUT2D eigenvalue weighted by molar-refractivity contribution is 5.85. The molecule has 0 bridgehead atoms. The zero-order valence-corrected chi connectivity index (χ0v) is 12.4. The third-order valence-corrected chi connectivity index (χ3v) is 3.36. The van der Waals surface area contributed by atoms with Crippen molar-refractivity contribution in [1.82, 2.24) is 0 Å². The molecule has 0 radical (unpaired) electrons. The van der Waals surface area contributed by atoms with Gasteiger partial charge in [-0.3, -0.25) is 0 Å². The minimum absolute atomic E-state index is 0.409. The van der Waals surface area contributed by atoms with Crippen LogP contribution in [-0.4, -0.2) is 19.7 Å². The highest BCUT2D eigenvalue weighted by Gasteiger charge is 2.44. The van der Waals surface area contributed by atoms with Crippen molar-refractivity contribution in [1.29, 1.82) is 0 Å². The Morgan fingerprint density at radius 1 is 0.952 bits per heavy atom. The van der Waals surface area contributed by atoms with Crippen LogP contribution in [0.25, 0.3) is 0 Å². The third kappa shape index (κ3) is 2.98. The highest BCUT2D eigenvalue weighted by Crippen LogP contribution is 2.35. The predicted octanol–water partition coefficient (Wildman–Crippen LogP) is 3.53. The van der Waals surface area contributed by atoms with Crippen LogP contribution in [-0.2, 0) is 19.9 Å². The van der Waals surface area contributed by atoms with Crippen LogP contribution in [0.4, 0.5) is 0 Å². The minimum Gasteiger partial charge on any atom is -0.466 e. The number of hydrogen-bond acceptors (Lipinski definition) is 3. The van der Waals surface area contributed by atoms with E-state index in [0.717, 1.165) is 17.5 Å². The molecule has 0 fully saturated rings. The molecular formula is C18H20O3. The van der Waals surface area contributed by atoms with Gasteiger partial charge in [0.2, 0.25) is 5.60 Å². The van der Waals surface area contributed by atoms with Crippen LogP contribution in [0.5, 0.6) is 0 Å². The standard InChI is InChI=1S/C18H20O3/c1-3-14-21-18(17(19)20-2,15-10-6-4-7-11-15)16-12-8-5-9-13-16/h4-13H,3,14H2,1-2H3. The maximum absolute atomic E-state index is 12.6. The summed E-state index contributed by atoms with van der Waals surface area (Å²) in [7, 11) is 1.39. The molecule has 2 rings (SSSR count). The van der Waals surface area contributed by atoms with Gasteiger partial charge in [-0.1, -0.05) is 67.6 Å². The summed E-state index contributed by atoms with van der Waals surface area (Å²) in [5.74, 6) is -0.409. The van der Waals surface area contributed by atoms with E-state index >= 15 is 0 Å². The molecule has 3 heteroatoms. The number of rotatable bonds is 6. The summed E-state index contributed by atoms with van der Waals surface area (Å²) in [4.78, 5) is 12.6. The number of carbonyl (C=O) groups is 1. The molecule has 0 aliphatic heterocycles. The lowest BCUT2D eigenvalue weighted by Crippen LogP contribution is -2.41. The molecule has 3 nitrogen and oxygen atoms in total. The maximum atomic E-state index is 12.6. The summed E-state index contributed by atoms with van der Waals surface area (Å²) in [6.45, 7) is 2.48. The zero-order valence-electron chi connectivity index (χ0n) is 12.4. The monoisotopic (exact) mass is 284 g/mol. The van der Waals surface area contributed by atoms with Gasteiger partial charge in [0.15, 0.2) is 0 Å². The molecule has 0 atom stereocenters. The van der Waals surface area contributed by atoms with E-state index in [1.165, 1.54) is 7.11 Å². The van der Waals surface area contributed by atoms with Gasteiger partial charge in [-0.25, -0.2) is 4.79 Å². The first-order valence-electron chi connectivity index (χ1n) is 7.09. The van der Waals surface area contributed by atoms with Gasteiger partial charge >= 0.3 is 5.97 Å². The van der Waals surface area contributed by atoms with Gasteiger partial charge in [0.1, 0.15) is 0 Å². The topological polar surface area (TPSA) is 35.5 Å². The van der Waals surface area contributed by atoms with Gasteiger partial charge in [-0.15, -0.1) is 0 Å². The minimum atomic E-state index is -1.21. The normalized spacial score (nSPS) is 11.1. The van der Waals surface area contributed by atoms with Crippen molar-refractivity contribution in [3.63, 3.8) is 0 Å². The summed E-state index contributed by atoms with van der Waals surface area (Å²) in [5, 5.41) is 0. The second-order valence-corrected chi connectivity index (χ2v) is 4.75. The van der Waals surface area contributed by atoms with E-state index in [4.69, 9.17) is 9.47 Å². The molecule has 0 spiro atoms. The first-order chi connectivity index (χ1) is 10.3. The Labute approximate surface area is 125 Å². The number of benzene rings is 2. The molecule has 0 N–H and O–H groups in total. The first kappa shape index (κ1) is 15.3. The van der Waals surface area contributed by atoms with Crippen molar-refractivity contribution >= 4 is 5.97 Å². The lowest BCUT2D eigenvalue weighted by molar-refractivity contribution is -0.165. The average molecular weight is 284 g/mol. The van der Waals surface area contributed by atoms with Gasteiger partial charge in [0.25, 0.3) is 0 Å².